The highest BCUT2D eigenvalue weighted by Gasteiger charge is 2.07. The van der Waals surface area contributed by atoms with Gasteiger partial charge in [-0.25, -0.2) is 0 Å². The van der Waals surface area contributed by atoms with Crippen LogP contribution in [0.15, 0.2) is 18.2 Å². The molecule has 0 radical (unpaired) electrons. The molecule has 1 aromatic rings. The number of hydrogen-bond donors (Lipinski definition) is 1. The second kappa shape index (κ2) is 5.87. The summed E-state index contributed by atoms with van der Waals surface area (Å²) in [6, 6.07) is 6.75. The number of nitrogens with zero attached hydrogens (tertiary/aromatic N) is 1. The molecule has 0 bridgehead atoms. The van der Waals surface area contributed by atoms with Crippen LogP contribution >= 0.6 is 0 Å². The minimum Gasteiger partial charge on any atom is -0.496 e. The molecule has 1 rings (SSSR count). The maximum atomic E-state index is 5.69. The van der Waals surface area contributed by atoms with Crippen LogP contribution in [0, 0.1) is 0 Å². The highest BCUT2D eigenvalue weighted by molar-refractivity contribution is 5.37. The molecule has 0 aliphatic carbocycles. The van der Waals surface area contributed by atoms with Gasteiger partial charge in [-0.05, 0) is 38.6 Å². The maximum Gasteiger partial charge on any atom is 0.123 e. The van der Waals surface area contributed by atoms with Gasteiger partial charge in [0.25, 0.3) is 0 Å². The van der Waals surface area contributed by atoms with E-state index in [0.717, 1.165) is 17.9 Å². The molecule has 3 nitrogen and oxygen atoms in total. The third-order valence-electron chi connectivity index (χ3n) is 2.88. The molecule has 0 heterocycles. The van der Waals surface area contributed by atoms with Gasteiger partial charge in [-0.3, -0.25) is 4.90 Å². The number of rotatable bonds is 5. The van der Waals surface area contributed by atoms with Crippen LogP contribution in [0.3, 0.4) is 0 Å². The summed E-state index contributed by atoms with van der Waals surface area (Å²) in [7, 11) is 3.80. The first-order valence-corrected chi connectivity index (χ1v) is 5.64. The van der Waals surface area contributed by atoms with Crippen LogP contribution < -0.4 is 10.5 Å². The van der Waals surface area contributed by atoms with E-state index in [4.69, 9.17) is 10.5 Å². The van der Waals surface area contributed by atoms with Gasteiger partial charge in [0.05, 0.1) is 7.11 Å². The van der Waals surface area contributed by atoms with Gasteiger partial charge in [0, 0.05) is 24.7 Å². The largest absolute Gasteiger partial charge is 0.496 e. The number of hydrogen-bond acceptors (Lipinski definition) is 3. The Kier molecular flexibility index (Phi) is 4.77. The average Bonchev–Trinajstić information content (AvgIpc) is 2.28. The molecular weight excluding hydrogens is 200 g/mol. The molecule has 0 aliphatic heterocycles. The second-order valence-corrected chi connectivity index (χ2v) is 4.36. The Morgan fingerprint density at radius 2 is 2.06 bits per heavy atom. The zero-order valence-electron chi connectivity index (χ0n) is 10.7. The van der Waals surface area contributed by atoms with E-state index in [1.54, 1.807) is 7.11 Å². The van der Waals surface area contributed by atoms with Crippen LogP contribution in [0.25, 0.3) is 0 Å². The molecule has 0 atom stereocenters. The van der Waals surface area contributed by atoms with Crippen molar-refractivity contribution < 1.29 is 4.74 Å². The van der Waals surface area contributed by atoms with Crippen molar-refractivity contribution in [2.45, 2.75) is 33.0 Å². The van der Waals surface area contributed by atoms with Gasteiger partial charge in [-0.2, -0.15) is 0 Å². The fraction of sp³-hybridized carbons (Fsp3) is 0.538. The molecule has 16 heavy (non-hydrogen) atoms. The lowest BCUT2D eigenvalue weighted by atomic mass is 10.1. The molecule has 0 fully saturated rings. The third kappa shape index (κ3) is 3.22. The smallest absolute Gasteiger partial charge is 0.123 e. The van der Waals surface area contributed by atoms with Gasteiger partial charge in [0.2, 0.25) is 0 Å². The number of methoxy groups -OCH3 is 1. The predicted octanol–water partition coefficient (Wildman–Crippen LogP) is 1.99. The zero-order chi connectivity index (χ0) is 12.1. The van der Waals surface area contributed by atoms with Gasteiger partial charge < -0.3 is 10.5 Å². The highest BCUT2D eigenvalue weighted by Crippen LogP contribution is 2.20. The van der Waals surface area contributed by atoms with E-state index in [2.05, 4.69) is 37.9 Å². The topological polar surface area (TPSA) is 38.5 Å². The quantitative estimate of drug-likeness (QED) is 0.828. The van der Waals surface area contributed by atoms with E-state index in [-0.39, 0.29) is 0 Å². The Bertz CT molecular complexity index is 337. The normalized spacial score (nSPS) is 11.2. The monoisotopic (exact) mass is 222 g/mol. The van der Waals surface area contributed by atoms with Crippen LogP contribution in [0.1, 0.15) is 25.0 Å². The van der Waals surface area contributed by atoms with E-state index in [1.165, 1.54) is 5.56 Å². The van der Waals surface area contributed by atoms with Crippen LogP contribution in [-0.4, -0.2) is 25.1 Å². The van der Waals surface area contributed by atoms with Crippen molar-refractivity contribution in [2.24, 2.45) is 5.73 Å². The first kappa shape index (κ1) is 13.0. The Morgan fingerprint density at radius 1 is 1.38 bits per heavy atom. The van der Waals surface area contributed by atoms with E-state index < -0.39 is 0 Å². The van der Waals surface area contributed by atoms with Crippen molar-refractivity contribution in [2.75, 3.05) is 14.2 Å². The molecule has 0 amide bonds. The van der Waals surface area contributed by atoms with Crippen LogP contribution in [-0.2, 0) is 13.1 Å². The lowest BCUT2D eigenvalue weighted by molar-refractivity contribution is 0.265. The number of benzene rings is 1. The fourth-order valence-electron chi connectivity index (χ4n) is 1.56. The molecule has 3 heteroatoms. The van der Waals surface area contributed by atoms with Gasteiger partial charge in [0.1, 0.15) is 5.75 Å². The van der Waals surface area contributed by atoms with Crippen molar-refractivity contribution in [3.05, 3.63) is 29.3 Å². The average molecular weight is 222 g/mol. The molecule has 90 valence electrons. The summed E-state index contributed by atoms with van der Waals surface area (Å²) in [4.78, 5) is 2.29. The molecule has 0 spiro atoms. The van der Waals surface area contributed by atoms with Crippen molar-refractivity contribution >= 4 is 0 Å². The van der Waals surface area contributed by atoms with Crippen LogP contribution in [0.2, 0.25) is 0 Å². The molecule has 0 aromatic heterocycles. The van der Waals surface area contributed by atoms with Crippen LogP contribution in [0.4, 0.5) is 0 Å². The van der Waals surface area contributed by atoms with Crippen LogP contribution in [0.5, 0.6) is 5.75 Å². The summed E-state index contributed by atoms with van der Waals surface area (Å²) in [5.41, 5.74) is 8.03. The number of ether oxygens (including phenoxy) is 1. The summed E-state index contributed by atoms with van der Waals surface area (Å²) < 4.78 is 5.25. The van der Waals surface area contributed by atoms with Crippen molar-refractivity contribution in [3.63, 3.8) is 0 Å². The van der Waals surface area contributed by atoms with Crippen molar-refractivity contribution in [1.82, 2.24) is 4.90 Å². The van der Waals surface area contributed by atoms with Gasteiger partial charge >= 0.3 is 0 Å². The Morgan fingerprint density at radius 3 is 2.56 bits per heavy atom. The lowest BCUT2D eigenvalue weighted by Crippen LogP contribution is -2.25. The molecule has 0 saturated heterocycles. The second-order valence-electron chi connectivity index (χ2n) is 4.36. The molecule has 0 saturated carbocycles. The fourth-order valence-corrected chi connectivity index (χ4v) is 1.56. The molecule has 2 N–H and O–H groups in total. The Balaban J connectivity index is 2.82. The van der Waals surface area contributed by atoms with E-state index in [9.17, 15) is 0 Å². The van der Waals surface area contributed by atoms with E-state index in [1.807, 2.05) is 6.07 Å². The molecule has 0 unspecified atom stereocenters. The summed E-state index contributed by atoms with van der Waals surface area (Å²) in [5.74, 6) is 0.874. The van der Waals surface area contributed by atoms with E-state index in [0.29, 0.717) is 12.6 Å². The molecular formula is C13H22N2O. The lowest BCUT2D eigenvalue weighted by Gasteiger charge is -2.21. The van der Waals surface area contributed by atoms with Crippen molar-refractivity contribution in [1.29, 1.82) is 0 Å². The van der Waals surface area contributed by atoms with Gasteiger partial charge in [0.15, 0.2) is 0 Å². The summed E-state index contributed by atoms with van der Waals surface area (Å²) in [6.07, 6.45) is 0. The predicted molar refractivity (Wildman–Crippen MR) is 67.5 cm³/mol. The Hall–Kier alpha value is -1.06. The highest BCUT2D eigenvalue weighted by atomic mass is 16.5. The minimum absolute atomic E-state index is 0.516. The SMILES string of the molecule is COc1ccc(CN(C)C(C)C)cc1CN. The summed E-state index contributed by atoms with van der Waals surface area (Å²) in [6.45, 7) is 5.83. The van der Waals surface area contributed by atoms with Gasteiger partial charge in [-0.1, -0.05) is 6.07 Å². The summed E-state index contributed by atoms with van der Waals surface area (Å²) in [5, 5.41) is 0. The first-order valence-electron chi connectivity index (χ1n) is 5.64. The molecule has 0 aliphatic rings. The standard InChI is InChI=1S/C13H22N2O/c1-10(2)15(3)9-11-5-6-13(16-4)12(7-11)8-14/h5-7,10H,8-9,14H2,1-4H3. The first-order chi connectivity index (χ1) is 7.58. The van der Waals surface area contributed by atoms with Gasteiger partial charge in [-0.15, -0.1) is 0 Å². The molecule has 1 aromatic carbocycles. The summed E-state index contributed by atoms with van der Waals surface area (Å²) >= 11 is 0. The zero-order valence-corrected chi connectivity index (χ0v) is 10.7. The van der Waals surface area contributed by atoms with Crippen molar-refractivity contribution in [3.8, 4) is 5.75 Å². The third-order valence-corrected chi connectivity index (χ3v) is 2.88. The van der Waals surface area contributed by atoms with E-state index >= 15 is 0 Å². The maximum absolute atomic E-state index is 5.69. The Labute approximate surface area is 98.2 Å². The number of nitrogens with two attached hydrogens (primary N) is 1. The minimum atomic E-state index is 0.516.